The number of rotatable bonds is 8. The molecule has 1 saturated heterocycles. The Kier molecular flexibility index (Phi) is 6.33. The first-order chi connectivity index (χ1) is 10.3. The molecule has 4 heteroatoms. The van der Waals surface area contributed by atoms with E-state index in [1.165, 1.54) is 31.5 Å². The normalized spacial score (nSPS) is 16.9. The minimum absolute atomic E-state index is 0.350. The molecular formula is C17H28N2O2. The van der Waals surface area contributed by atoms with Gasteiger partial charge in [0.1, 0.15) is 0 Å². The molecule has 1 fully saturated rings. The highest BCUT2D eigenvalue weighted by atomic mass is 16.5. The number of hydrogen-bond donors (Lipinski definition) is 1. The van der Waals surface area contributed by atoms with Gasteiger partial charge in [0.25, 0.3) is 0 Å². The highest BCUT2D eigenvalue weighted by Gasteiger charge is 2.19. The second kappa shape index (κ2) is 8.25. The van der Waals surface area contributed by atoms with E-state index >= 15 is 0 Å². The molecule has 1 heterocycles. The number of hydrogen-bond acceptors (Lipinski definition) is 4. The molecule has 1 aromatic rings. The first-order valence-corrected chi connectivity index (χ1v) is 7.96. The van der Waals surface area contributed by atoms with E-state index in [2.05, 4.69) is 29.3 Å². The molecule has 1 aliphatic heterocycles. The van der Waals surface area contributed by atoms with Crippen molar-refractivity contribution in [1.82, 2.24) is 10.2 Å². The lowest BCUT2D eigenvalue weighted by Gasteiger charge is -2.25. The number of benzene rings is 1. The van der Waals surface area contributed by atoms with Crippen molar-refractivity contribution < 1.29 is 9.47 Å². The summed E-state index contributed by atoms with van der Waals surface area (Å²) in [7, 11) is 3.37. The predicted molar refractivity (Wildman–Crippen MR) is 86.3 cm³/mol. The monoisotopic (exact) mass is 292 g/mol. The molecule has 0 amide bonds. The van der Waals surface area contributed by atoms with E-state index in [0.29, 0.717) is 6.04 Å². The lowest BCUT2D eigenvalue weighted by Crippen LogP contribution is -2.34. The Bertz CT molecular complexity index is 431. The van der Waals surface area contributed by atoms with Gasteiger partial charge in [-0.05, 0) is 56.6 Å². The van der Waals surface area contributed by atoms with E-state index in [9.17, 15) is 0 Å². The van der Waals surface area contributed by atoms with Crippen LogP contribution < -0.4 is 14.8 Å². The van der Waals surface area contributed by atoms with Crippen LogP contribution in [0.3, 0.4) is 0 Å². The summed E-state index contributed by atoms with van der Waals surface area (Å²) in [5.74, 6) is 1.59. The summed E-state index contributed by atoms with van der Waals surface area (Å²) in [6.45, 7) is 6.74. The summed E-state index contributed by atoms with van der Waals surface area (Å²) in [4.78, 5) is 2.55. The average Bonchev–Trinajstić information content (AvgIpc) is 3.03. The van der Waals surface area contributed by atoms with Crippen LogP contribution in [0.2, 0.25) is 0 Å². The van der Waals surface area contributed by atoms with Gasteiger partial charge in [0.2, 0.25) is 0 Å². The number of ether oxygens (including phenoxy) is 2. The molecule has 0 aromatic heterocycles. The fraction of sp³-hybridized carbons (Fsp3) is 0.647. The van der Waals surface area contributed by atoms with Crippen molar-refractivity contribution >= 4 is 0 Å². The topological polar surface area (TPSA) is 33.7 Å². The lowest BCUT2D eigenvalue weighted by molar-refractivity contribution is 0.291. The average molecular weight is 292 g/mol. The van der Waals surface area contributed by atoms with Crippen molar-refractivity contribution in [3.63, 3.8) is 0 Å². The van der Waals surface area contributed by atoms with Crippen LogP contribution in [0.5, 0.6) is 11.5 Å². The van der Waals surface area contributed by atoms with Crippen molar-refractivity contribution in [2.45, 2.75) is 32.2 Å². The van der Waals surface area contributed by atoms with Crippen LogP contribution in [0.1, 0.15) is 37.8 Å². The third-order valence-corrected chi connectivity index (χ3v) is 4.09. The van der Waals surface area contributed by atoms with Crippen LogP contribution in [-0.2, 0) is 0 Å². The Hall–Kier alpha value is -1.26. The Morgan fingerprint density at radius 3 is 2.48 bits per heavy atom. The Morgan fingerprint density at radius 1 is 1.14 bits per heavy atom. The van der Waals surface area contributed by atoms with E-state index in [0.717, 1.165) is 31.0 Å². The van der Waals surface area contributed by atoms with Crippen molar-refractivity contribution in [3.05, 3.63) is 23.8 Å². The number of likely N-dealkylation sites (tertiary alicyclic amines) is 1. The van der Waals surface area contributed by atoms with Crippen molar-refractivity contribution in [3.8, 4) is 11.5 Å². The first kappa shape index (κ1) is 16.1. The maximum absolute atomic E-state index is 5.44. The van der Waals surface area contributed by atoms with Gasteiger partial charge >= 0.3 is 0 Å². The molecule has 0 saturated carbocycles. The van der Waals surface area contributed by atoms with E-state index in [4.69, 9.17) is 9.47 Å². The predicted octanol–water partition coefficient (Wildman–Crippen LogP) is 2.84. The number of nitrogens with zero attached hydrogens (tertiary/aromatic N) is 1. The van der Waals surface area contributed by atoms with Gasteiger partial charge < -0.3 is 19.7 Å². The molecule has 4 nitrogen and oxygen atoms in total. The van der Waals surface area contributed by atoms with Crippen LogP contribution in [0.4, 0.5) is 0 Å². The van der Waals surface area contributed by atoms with Crippen molar-refractivity contribution in [2.75, 3.05) is 40.4 Å². The van der Waals surface area contributed by atoms with Crippen LogP contribution in [-0.4, -0.2) is 45.3 Å². The molecular weight excluding hydrogens is 264 g/mol. The van der Waals surface area contributed by atoms with Crippen LogP contribution in [0, 0.1) is 0 Å². The second-order valence-electron chi connectivity index (χ2n) is 5.63. The van der Waals surface area contributed by atoms with Crippen molar-refractivity contribution in [2.24, 2.45) is 0 Å². The highest BCUT2D eigenvalue weighted by Crippen LogP contribution is 2.30. The van der Waals surface area contributed by atoms with E-state index < -0.39 is 0 Å². The maximum Gasteiger partial charge on any atom is 0.161 e. The molecule has 1 atom stereocenters. The minimum Gasteiger partial charge on any atom is -0.493 e. The van der Waals surface area contributed by atoms with E-state index in [-0.39, 0.29) is 0 Å². The fourth-order valence-corrected chi connectivity index (χ4v) is 2.90. The summed E-state index contributed by atoms with van der Waals surface area (Å²) in [5, 5.41) is 3.66. The van der Waals surface area contributed by atoms with E-state index in [1.807, 2.05) is 6.07 Å². The van der Waals surface area contributed by atoms with Crippen LogP contribution in [0.25, 0.3) is 0 Å². The Morgan fingerprint density at radius 2 is 1.86 bits per heavy atom. The third-order valence-electron chi connectivity index (χ3n) is 4.09. The van der Waals surface area contributed by atoms with Gasteiger partial charge in [-0.3, -0.25) is 0 Å². The van der Waals surface area contributed by atoms with Gasteiger partial charge in [0, 0.05) is 12.6 Å². The van der Waals surface area contributed by atoms with E-state index in [1.54, 1.807) is 14.2 Å². The first-order valence-electron chi connectivity index (χ1n) is 7.96. The van der Waals surface area contributed by atoms with Gasteiger partial charge in [0.15, 0.2) is 11.5 Å². The Balaban J connectivity index is 2.14. The Labute approximate surface area is 128 Å². The molecule has 0 bridgehead atoms. The molecule has 1 aromatic carbocycles. The molecule has 0 aliphatic carbocycles. The number of methoxy groups -OCH3 is 2. The molecule has 0 radical (unpaired) electrons. The van der Waals surface area contributed by atoms with Gasteiger partial charge in [0.05, 0.1) is 14.2 Å². The maximum atomic E-state index is 5.44. The molecule has 1 N–H and O–H groups in total. The molecule has 21 heavy (non-hydrogen) atoms. The third kappa shape index (κ3) is 4.35. The SMILES string of the molecule is CCCNC(CN1CCCC1)c1ccc(OC)c(OC)c1. The molecule has 2 rings (SSSR count). The molecule has 1 unspecified atom stereocenters. The van der Waals surface area contributed by atoms with Crippen molar-refractivity contribution in [1.29, 1.82) is 0 Å². The largest absolute Gasteiger partial charge is 0.493 e. The zero-order chi connectivity index (χ0) is 15.1. The quantitative estimate of drug-likeness (QED) is 0.799. The standard InChI is InChI=1S/C17H28N2O2/c1-4-9-18-15(13-19-10-5-6-11-19)14-7-8-16(20-2)17(12-14)21-3/h7-8,12,15,18H,4-6,9-11,13H2,1-3H3. The summed E-state index contributed by atoms with van der Waals surface area (Å²) in [6.07, 6.45) is 3.79. The van der Waals surface area contributed by atoms with Gasteiger partial charge in [-0.2, -0.15) is 0 Å². The van der Waals surface area contributed by atoms with Gasteiger partial charge in [-0.1, -0.05) is 13.0 Å². The highest BCUT2D eigenvalue weighted by molar-refractivity contribution is 5.43. The summed E-state index contributed by atoms with van der Waals surface area (Å²) < 4.78 is 10.8. The number of nitrogens with one attached hydrogen (secondary N) is 1. The van der Waals surface area contributed by atoms with Crippen LogP contribution in [0.15, 0.2) is 18.2 Å². The zero-order valence-electron chi connectivity index (χ0n) is 13.5. The summed E-state index contributed by atoms with van der Waals surface area (Å²) in [5.41, 5.74) is 1.27. The van der Waals surface area contributed by atoms with Gasteiger partial charge in [-0.15, -0.1) is 0 Å². The summed E-state index contributed by atoms with van der Waals surface area (Å²) in [6, 6.07) is 6.59. The lowest BCUT2D eigenvalue weighted by atomic mass is 10.1. The summed E-state index contributed by atoms with van der Waals surface area (Å²) >= 11 is 0. The van der Waals surface area contributed by atoms with Gasteiger partial charge in [-0.25, -0.2) is 0 Å². The fourth-order valence-electron chi connectivity index (χ4n) is 2.90. The minimum atomic E-state index is 0.350. The molecule has 1 aliphatic rings. The second-order valence-corrected chi connectivity index (χ2v) is 5.63. The molecule has 118 valence electrons. The van der Waals surface area contributed by atoms with Crippen LogP contribution >= 0.6 is 0 Å². The zero-order valence-corrected chi connectivity index (χ0v) is 13.5. The smallest absolute Gasteiger partial charge is 0.161 e. The molecule has 0 spiro atoms.